The van der Waals surface area contributed by atoms with Crippen molar-refractivity contribution in [3.63, 3.8) is 0 Å². The maximum atomic E-state index is 13.4. The van der Waals surface area contributed by atoms with E-state index in [0.717, 1.165) is 82.8 Å². The first-order valence-electron chi connectivity index (χ1n) is 17.1. The number of rotatable bonds is 9. The zero-order valence-corrected chi connectivity index (χ0v) is 33.4. The third-order valence-corrected chi connectivity index (χ3v) is 8.22. The second-order valence-corrected chi connectivity index (χ2v) is 13.6. The Labute approximate surface area is 345 Å². The Morgan fingerprint density at radius 3 is 1.24 bits per heavy atom. The maximum Gasteiger partial charge on any atom is 0.427 e. The molecule has 0 aliphatic heterocycles. The number of aryl methyl sites for hydroxylation is 3. The smallest absolute Gasteiger partial charge is 0.427 e. The van der Waals surface area contributed by atoms with Crippen LogP contribution in [0.25, 0.3) is 17.1 Å². The van der Waals surface area contributed by atoms with Gasteiger partial charge in [0.25, 0.3) is 11.4 Å². The van der Waals surface area contributed by atoms with Crippen LogP contribution in [-0.4, -0.2) is 92.8 Å². The minimum atomic E-state index is -4.71. The molecule has 3 aromatic carbocycles. The first-order valence-corrected chi connectivity index (χ1v) is 17.1. The van der Waals surface area contributed by atoms with Crippen molar-refractivity contribution in [2.45, 2.75) is 51.2 Å². The summed E-state index contributed by atoms with van der Waals surface area (Å²) in [4.78, 5) is 55.2. The molecular formula is C32H32F7N15O9. The van der Waals surface area contributed by atoms with Crippen LogP contribution in [0.5, 0.6) is 11.5 Å². The van der Waals surface area contributed by atoms with Gasteiger partial charge >= 0.3 is 29.4 Å². The minimum Gasteiger partial charge on any atom is -0.476 e. The second-order valence-electron chi connectivity index (χ2n) is 13.6. The highest BCUT2D eigenvalue weighted by atomic mass is 19.4. The standard InChI is InChI=1S/C12H12F3N5O4.C12H14F3N5O2.C8H6FN5O3/c1-11(2,12(13,14)15)24-9-5-4-7(20(22)23)6-8(9)19-10(21)18(3)16-17-19;1-11(2,12(13,14)15)22-9-5-4-7(16)6-8(9)20-10(21)19(3)17-18-20;1-12-8(15)13(11-10-12)7-4-5(14(16)17)2-3-6(7)9/h4-6H,1-3H3;4-6H,16H2,1-3H3;2-4H,1H3. The van der Waals surface area contributed by atoms with Crippen molar-refractivity contribution in [3.05, 3.63) is 112 Å². The minimum absolute atomic E-state index is 0.0181. The van der Waals surface area contributed by atoms with Gasteiger partial charge in [0.15, 0.2) is 11.2 Å². The van der Waals surface area contributed by atoms with E-state index in [1.54, 1.807) is 0 Å². The molecule has 0 saturated heterocycles. The second kappa shape index (κ2) is 17.5. The third kappa shape index (κ3) is 10.5. The molecule has 3 aromatic heterocycles. The lowest BCUT2D eigenvalue weighted by Gasteiger charge is -2.29. The number of anilines is 1. The number of tetrazole rings is 3. The van der Waals surface area contributed by atoms with Crippen molar-refractivity contribution < 1.29 is 50.1 Å². The van der Waals surface area contributed by atoms with E-state index in [0.29, 0.717) is 9.36 Å². The van der Waals surface area contributed by atoms with Crippen LogP contribution in [0.3, 0.4) is 0 Å². The van der Waals surface area contributed by atoms with Gasteiger partial charge in [-0.05, 0) is 89.3 Å². The van der Waals surface area contributed by atoms with Crippen LogP contribution in [0.2, 0.25) is 0 Å². The van der Waals surface area contributed by atoms with Crippen LogP contribution in [-0.2, 0) is 21.1 Å². The van der Waals surface area contributed by atoms with Gasteiger partial charge < -0.3 is 15.2 Å². The molecule has 0 radical (unpaired) electrons. The van der Waals surface area contributed by atoms with Gasteiger partial charge in [-0.3, -0.25) is 20.2 Å². The van der Waals surface area contributed by atoms with Crippen LogP contribution in [0.15, 0.2) is 69.0 Å². The Hall–Kier alpha value is -8.02. The lowest BCUT2D eigenvalue weighted by atomic mass is 10.1. The van der Waals surface area contributed by atoms with E-state index in [1.165, 1.54) is 39.3 Å². The molecule has 0 saturated carbocycles. The highest BCUT2D eigenvalue weighted by Crippen LogP contribution is 2.38. The number of benzene rings is 3. The highest BCUT2D eigenvalue weighted by Gasteiger charge is 2.51. The van der Waals surface area contributed by atoms with Gasteiger partial charge in [-0.15, -0.1) is 0 Å². The number of nitro groups is 2. The molecule has 0 aliphatic rings. The molecule has 3 heterocycles. The molecule has 0 spiro atoms. The molecular weight excluding hydrogens is 871 g/mol. The quantitative estimate of drug-likeness (QED) is 0.0944. The van der Waals surface area contributed by atoms with E-state index in [1.807, 2.05) is 0 Å². The Morgan fingerprint density at radius 1 is 0.556 bits per heavy atom. The van der Waals surface area contributed by atoms with Crippen LogP contribution >= 0.6 is 0 Å². The molecule has 6 aromatic rings. The number of hydrogen-bond donors (Lipinski definition) is 1. The molecule has 0 fully saturated rings. The van der Waals surface area contributed by atoms with Crippen LogP contribution in [0, 0.1) is 26.0 Å². The zero-order valence-electron chi connectivity index (χ0n) is 33.4. The molecule has 0 bridgehead atoms. The summed E-state index contributed by atoms with van der Waals surface area (Å²) < 4.78 is 106. The number of non-ortho nitro benzene ring substituents is 2. The van der Waals surface area contributed by atoms with Crippen molar-refractivity contribution >= 4 is 17.1 Å². The summed E-state index contributed by atoms with van der Waals surface area (Å²) in [7, 11) is 3.96. The van der Waals surface area contributed by atoms with Crippen LogP contribution < -0.4 is 32.3 Å². The van der Waals surface area contributed by atoms with E-state index in [9.17, 15) is 65.3 Å². The van der Waals surface area contributed by atoms with Gasteiger partial charge in [-0.2, -0.15) is 54.4 Å². The van der Waals surface area contributed by atoms with E-state index in [4.69, 9.17) is 15.2 Å². The predicted octanol–water partition coefficient (Wildman–Crippen LogP) is 2.88. The van der Waals surface area contributed by atoms with Gasteiger partial charge in [0.1, 0.15) is 34.4 Å². The van der Waals surface area contributed by atoms with Gasteiger partial charge in [0.2, 0.25) is 0 Å². The molecule has 24 nitrogen and oxygen atoms in total. The average molecular weight is 904 g/mol. The number of nitrogens with two attached hydrogens (primary N) is 1. The van der Waals surface area contributed by atoms with Crippen molar-refractivity contribution in [3.8, 4) is 28.6 Å². The topological polar surface area (TPSA) is 289 Å². The van der Waals surface area contributed by atoms with Gasteiger partial charge in [0.05, 0.1) is 9.85 Å². The van der Waals surface area contributed by atoms with Gasteiger partial charge in [0, 0.05) is 51.1 Å². The monoisotopic (exact) mass is 903 g/mol. The number of ether oxygens (including phenoxy) is 2. The molecule has 2 N–H and O–H groups in total. The summed E-state index contributed by atoms with van der Waals surface area (Å²) in [6.45, 7) is 3.34. The number of nitro benzene ring substituents is 2. The fraction of sp³-hybridized carbons (Fsp3) is 0.344. The summed E-state index contributed by atoms with van der Waals surface area (Å²) in [5.41, 5.74) is -2.74. The number of halogens is 7. The lowest BCUT2D eigenvalue weighted by molar-refractivity contribution is -0.385. The molecule has 0 unspecified atom stereocenters. The van der Waals surface area contributed by atoms with E-state index in [-0.39, 0.29) is 34.2 Å². The number of nitrogen functional groups attached to an aromatic ring is 1. The molecule has 338 valence electrons. The fourth-order valence-corrected chi connectivity index (χ4v) is 4.49. The average Bonchev–Trinajstić information content (AvgIpc) is 3.82. The first-order chi connectivity index (χ1) is 29.0. The summed E-state index contributed by atoms with van der Waals surface area (Å²) >= 11 is 0. The number of nitrogens with zero attached hydrogens (tertiary/aromatic N) is 14. The van der Waals surface area contributed by atoms with Crippen molar-refractivity contribution in [2.75, 3.05) is 5.73 Å². The first kappa shape index (κ1) is 47.7. The van der Waals surface area contributed by atoms with Crippen molar-refractivity contribution in [2.24, 2.45) is 21.1 Å². The Balaban J connectivity index is 0.000000210. The number of aromatic nitrogens is 12. The van der Waals surface area contributed by atoms with E-state index >= 15 is 0 Å². The Bertz CT molecular complexity index is 2840. The van der Waals surface area contributed by atoms with Gasteiger partial charge in [-0.1, -0.05) is 0 Å². The van der Waals surface area contributed by atoms with Crippen molar-refractivity contribution in [1.82, 2.24) is 59.4 Å². The van der Waals surface area contributed by atoms with Crippen LogP contribution in [0.4, 0.5) is 47.8 Å². The van der Waals surface area contributed by atoms with E-state index in [2.05, 4.69) is 31.3 Å². The lowest BCUT2D eigenvalue weighted by Crippen LogP contribution is -2.44. The maximum absolute atomic E-state index is 13.4. The summed E-state index contributed by atoms with van der Waals surface area (Å²) in [5, 5.41) is 42.2. The molecule has 0 aliphatic carbocycles. The fourth-order valence-electron chi connectivity index (χ4n) is 4.49. The number of alkyl halides is 6. The van der Waals surface area contributed by atoms with Gasteiger partial charge in [-0.25, -0.2) is 18.8 Å². The van der Waals surface area contributed by atoms with Crippen LogP contribution in [0.1, 0.15) is 27.7 Å². The SMILES string of the molecule is Cn1nnn(-c2cc(N)ccc2OC(C)(C)C(F)(F)F)c1=O.Cn1nnn(-c2cc([N+](=O)[O-])ccc2F)c1=O.Cn1nnn(-c2cc([N+](=O)[O-])ccc2OC(C)(C)C(F)(F)F)c1=O. The number of hydrogen-bond acceptors (Lipinski definition) is 16. The molecule has 0 atom stereocenters. The molecule has 6 rings (SSSR count). The molecule has 31 heteroatoms. The summed E-state index contributed by atoms with van der Waals surface area (Å²) in [6, 6.07) is 9.55. The van der Waals surface area contributed by atoms with E-state index < -0.39 is 67.7 Å². The molecule has 0 amide bonds. The Kier molecular flexibility index (Phi) is 13.3. The molecule has 63 heavy (non-hydrogen) atoms. The Morgan fingerprint density at radius 2 is 0.889 bits per heavy atom. The normalized spacial score (nSPS) is 11.8. The third-order valence-electron chi connectivity index (χ3n) is 8.22. The highest BCUT2D eigenvalue weighted by molar-refractivity contribution is 5.56. The van der Waals surface area contributed by atoms with Crippen molar-refractivity contribution in [1.29, 1.82) is 0 Å². The summed E-state index contributed by atoms with van der Waals surface area (Å²) in [6.07, 6.45) is -9.31. The predicted molar refractivity (Wildman–Crippen MR) is 199 cm³/mol. The summed E-state index contributed by atoms with van der Waals surface area (Å²) in [5.74, 6) is -1.37. The largest absolute Gasteiger partial charge is 0.476 e. The zero-order chi connectivity index (χ0) is 47.6.